The zero-order valence-corrected chi connectivity index (χ0v) is 16.0. The van der Waals surface area contributed by atoms with Gasteiger partial charge in [0, 0.05) is 64.9 Å². The van der Waals surface area contributed by atoms with Gasteiger partial charge in [0.2, 0.25) is 0 Å². The van der Waals surface area contributed by atoms with E-state index in [0.717, 1.165) is 49.2 Å². The molecule has 4 heterocycles. The number of nitrogens with zero attached hydrogens (tertiary/aromatic N) is 9. The van der Waals surface area contributed by atoms with Crippen LogP contribution in [0, 0.1) is 0 Å². The highest BCUT2D eigenvalue weighted by atomic mass is 15.3. The number of hydrogen-bond donors (Lipinski definition) is 0. The predicted molar refractivity (Wildman–Crippen MR) is 103 cm³/mol. The van der Waals surface area contributed by atoms with Crippen LogP contribution in [0.4, 0.5) is 11.6 Å². The lowest BCUT2D eigenvalue weighted by Gasteiger charge is -2.34. The molecule has 1 aliphatic rings. The van der Waals surface area contributed by atoms with Gasteiger partial charge in [-0.15, -0.1) is 10.2 Å². The van der Waals surface area contributed by atoms with Crippen LogP contribution < -0.4 is 9.80 Å². The molecule has 1 aliphatic heterocycles. The summed E-state index contributed by atoms with van der Waals surface area (Å²) in [5.41, 5.74) is 0. The first-order valence-electron chi connectivity index (χ1n) is 9.20. The topological polar surface area (TPSA) is 80.8 Å². The average molecular weight is 367 g/mol. The van der Waals surface area contributed by atoms with Gasteiger partial charge >= 0.3 is 0 Å². The molecule has 0 N–H and O–H groups in total. The van der Waals surface area contributed by atoms with Crippen molar-refractivity contribution in [3.05, 3.63) is 42.8 Å². The van der Waals surface area contributed by atoms with Crippen LogP contribution in [0.15, 0.2) is 31.1 Å². The van der Waals surface area contributed by atoms with E-state index in [9.17, 15) is 0 Å². The number of aromatic nitrogens is 7. The lowest BCUT2D eigenvalue weighted by molar-refractivity contribution is 0.475. The normalized spacial score (nSPS) is 17.3. The van der Waals surface area contributed by atoms with E-state index in [2.05, 4.69) is 34.6 Å². The highest BCUT2D eigenvalue weighted by Crippen LogP contribution is 2.31. The summed E-state index contributed by atoms with van der Waals surface area (Å²) < 4.78 is 4.13. The van der Waals surface area contributed by atoms with E-state index in [0.29, 0.717) is 12.5 Å². The molecule has 27 heavy (non-hydrogen) atoms. The van der Waals surface area contributed by atoms with Crippen molar-refractivity contribution >= 4 is 11.6 Å². The van der Waals surface area contributed by atoms with Crippen LogP contribution in [-0.4, -0.2) is 61.5 Å². The molecule has 0 aromatic carbocycles. The van der Waals surface area contributed by atoms with Crippen molar-refractivity contribution in [2.24, 2.45) is 7.05 Å². The highest BCUT2D eigenvalue weighted by Gasteiger charge is 2.28. The minimum Gasteiger partial charge on any atom is -0.360 e. The van der Waals surface area contributed by atoms with E-state index in [1.54, 1.807) is 24.9 Å². The minimum atomic E-state index is 0.324. The Morgan fingerprint density at radius 1 is 1.15 bits per heavy atom. The average Bonchev–Trinajstić information content (AvgIpc) is 3.33. The maximum Gasteiger partial charge on any atom is 0.171 e. The van der Waals surface area contributed by atoms with Crippen LogP contribution in [0.3, 0.4) is 0 Å². The standard InChI is InChI=1S/C18H25N9/c1-24(2)17-18(21-7-6-20-17)27-9-4-5-14(11-27)16-23-22-15(25(16)3)12-26-10-8-19-13-26/h6-8,10,13-14H,4-5,9,11-12H2,1-3H3/t14-/m1/s1. The summed E-state index contributed by atoms with van der Waals surface area (Å²) in [4.78, 5) is 17.5. The zero-order chi connectivity index (χ0) is 18.8. The lowest BCUT2D eigenvalue weighted by atomic mass is 9.97. The van der Waals surface area contributed by atoms with E-state index in [1.807, 2.05) is 36.8 Å². The molecule has 0 bridgehead atoms. The molecular weight excluding hydrogens is 342 g/mol. The van der Waals surface area contributed by atoms with Crippen LogP contribution in [0.1, 0.15) is 30.4 Å². The molecule has 0 radical (unpaired) electrons. The smallest absolute Gasteiger partial charge is 0.171 e. The summed E-state index contributed by atoms with van der Waals surface area (Å²) in [5, 5.41) is 8.93. The van der Waals surface area contributed by atoms with Gasteiger partial charge in [-0.25, -0.2) is 15.0 Å². The van der Waals surface area contributed by atoms with E-state index in [-0.39, 0.29) is 0 Å². The van der Waals surface area contributed by atoms with E-state index in [4.69, 9.17) is 0 Å². The van der Waals surface area contributed by atoms with E-state index >= 15 is 0 Å². The summed E-state index contributed by atoms with van der Waals surface area (Å²) in [5.74, 6) is 4.13. The van der Waals surface area contributed by atoms with Crippen molar-refractivity contribution in [3.63, 3.8) is 0 Å². The highest BCUT2D eigenvalue weighted by molar-refractivity contribution is 5.61. The molecule has 1 saturated heterocycles. The Hall–Kier alpha value is -2.97. The quantitative estimate of drug-likeness (QED) is 0.672. The van der Waals surface area contributed by atoms with Crippen molar-refractivity contribution in [3.8, 4) is 0 Å². The third-order valence-electron chi connectivity index (χ3n) is 5.05. The van der Waals surface area contributed by atoms with Crippen LogP contribution in [0.5, 0.6) is 0 Å². The van der Waals surface area contributed by atoms with Gasteiger partial charge in [0.25, 0.3) is 0 Å². The molecule has 1 fully saturated rings. The molecule has 142 valence electrons. The molecule has 3 aromatic heterocycles. The number of rotatable bonds is 5. The van der Waals surface area contributed by atoms with Gasteiger partial charge in [0.15, 0.2) is 17.5 Å². The lowest BCUT2D eigenvalue weighted by Crippen LogP contribution is -2.37. The van der Waals surface area contributed by atoms with Crippen LogP contribution in [-0.2, 0) is 13.6 Å². The molecule has 0 aliphatic carbocycles. The van der Waals surface area contributed by atoms with Gasteiger partial charge in [-0.05, 0) is 12.8 Å². The van der Waals surface area contributed by atoms with Gasteiger partial charge in [-0.2, -0.15) is 0 Å². The largest absolute Gasteiger partial charge is 0.360 e. The fourth-order valence-corrected chi connectivity index (χ4v) is 3.65. The van der Waals surface area contributed by atoms with Crippen molar-refractivity contribution in [1.82, 2.24) is 34.3 Å². The van der Waals surface area contributed by atoms with Crippen LogP contribution in [0.2, 0.25) is 0 Å². The SMILES string of the molecule is CN(C)c1nccnc1N1CCC[C@@H](c2nnc(Cn3ccnc3)n2C)C1. The fourth-order valence-electron chi connectivity index (χ4n) is 3.65. The Labute approximate surface area is 158 Å². The summed E-state index contributed by atoms with van der Waals surface area (Å²) >= 11 is 0. The minimum absolute atomic E-state index is 0.324. The molecular formula is C18H25N9. The van der Waals surface area contributed by atoms with E-state index < -0.39 is 0 Å². The summed E-state index contributed by atoms with van der Waals surface area (Å²) in [6.07, 6.45) is 11.2. The van der Waals surface area contributed by atoms with E-state index in [1.165, 1.54) is 0 Å². The van der Waals surface area contributed by atoms with Gasteiger partial charge < -0.3 is 18.9 Å². The first kappa shape index (κ1) is 17.4. The fraction of sp³-hybridized carbons (Fsp3) is 0.500. The second-order valence-corrected chi connectivity index (χ2v) is 7.15. The first-order chi connectivity index (χ1) is 13.1. The zero-order valence-electron chi connectivity index (χ0n) is 16.0. The molecule has 0 amide bonds. The van der Waals surface area contributed by atoms with Crippen molar-refractivity contribution < 1.29 is 0 Å². The molecule has 3 aromatic rings. The molecule has 9 nitrogen and oxygen atoms in total. The van der Waals surface area contributed by atoms with Gasteiger partial charge in [0.05, 0.1) is 12.9 Å². The third kappa shape index (κ3) is 3.49. The molecule has 1 atom stereocenters. The summed E-state index contributed by atoms with van der Waals surface area (Å²) in [7, 11) is 6.05. The molecule has 4 rings (SSSR count). The molecule has 9 heteroatoms. The first-order valence-corrected chi connectivity index (χ1v) is 9.20. The Bertz CT molecular complexity index is 884. The number of imidazole rings is 1. The summed E-state index contributed by atoms with van der Waals surface area (Å²) in [6, 6.07) is 0. The summed E-state index contributed by atoms with van der Waals surface area (Å²) in [6.45, 7) is 2.53. The second-order valence-electron chi connectivity index (χ2n) is 7.15. The maximum atomic E-state index is 4.60. The molecule has 0 saturated carbocycles. The predicted octanol–water partition coefficient (Wildman–Crippen LogP) is 1.30. The third-order valence-corrected chi connectivity index (χ3v) is 5.05. The number of hydrogen-bond acceptors (Lipinski definition) is 7. The van der Waals surface area contributed by atoms with Gasteiger partial charge in [-0.3, -0.25) is 0 Å². The number of anilines is 2. The monoisotopic (exact) mass is 367 g/mol. The Morgan fingerprint density at radius 3 is 2.78 bits per heavy atom. The Kier molecular flexibility index (Phi) is 4.74. The maximum absolute atomic E-state index is 4.60. The van der Waals surface area contributed by atoms with Gasteiger partial charge in [0.1, 0.15) is 5.82 Å². The Morgan fingerprint density at radius 2 is 2.00 bits per heavy atom. The van der Waals surface area contributed by atoms with Crippen molar-refractivity contribution in [1.29, 1.82) is 0 Å². The van der Waals surface area contributed by atoms with Crippen LogP contribution >= 0.6 is 0 Å². The Balaban J connectivity index is 1.55. The van der Waals surface area contributed by atoms with Crippen molar-refractivity contribution in [2.45, 2.75) is 25.3 Å². The molecule has 0 unspecified atom stereocenters. The second kappa shape index (κ2) is 7.34. The van der Waals surface area contributed by atoms with Gasteiger partial charge in [-0.1, -0.05) is 0 Å². The van der Waals surface area contributed by atoms with Crippen LogP contribution in [0.25, 0.3) is 0 Å². The molecule has 0 spiro atoms. The number of piperidine rings is 1. The van der Waals surface area contributed by atoms with Crippen molar-refractivity contribution in [2.75, 3.05) is 37.0 Å².